The van der Waals surface area contributed by atoms with Crippen LogP contribution >= 0.6 is 0 Å². The molecule has 0 bridgehead atoms. The quantitative estimate of drug-likeness (QED) is 0.341. The van der Waals surface area contributed by atoms with Crippen molar-refractivity contribution in [2.24, 2.45) is 0 Å². The highest BCUT2D eigenvalue weighted by Crippen LogP contribution is 1.40. The molecule has 0 rings (SSSR count). The second-order valence-electron chi connectivity index (χ2n) is 0.894. The summed E-state index contributed by atoms with van der Waals surface area (Å²) in [5.74, 6) is 0. The van der Waals surface area contributed by atoms with Gasteiger partial charge >= 0.3 is 0 Å². The van der Waals surface area contributed by atoms with Gasteiger partial charge in [0.2, 0.25) is 0 Å². The Kier molecular flexibility index (Phi) is 21.3. The van der Waals surface area contributed by atoms with E-state index in [1.165, 1.54) is 0 Å². The van der Waals surface area contributed by atoms with Crippen molar-refractivity contribution in [3.63, 3.8) is 0 Å². The molecule has 52 valence electrons. The van der Waals surface area contributed by atoms with Crippen molar-refractivity contribution in [1.82, 2.24) is 0 Å². The largest absolute Gasteiger partial charge is 0.394 e. The van der Waals surface area contributed by atoms with Crippen molar-refractivity contribution < 1.29 is 20.4 Å². The summed E-state index contributed by atoms with van der Waals surface area (Å²) in [7, 11) is 0. The summed E-state index contributed by atoms with van der Waals surface area (Å²) in [6.07, 6.45) is 0. The molecular weight excluding hydrogens is 112 g/mol. The van der Waals surface area contributed by atoms with E-state index in [0.29, 0.717) is 0 Å². The Balaban J connectivity index is 0. The summed E-state index contributed by atoms with van der Waals surface area (Å²) in [6, 6.07) is 0. The molecule has 4 N–H and O–H groups in total. The summed E-state index contributed by atoms with van der Waals surface area (Å²) in [4.78, 5) is 0. The molecule has 0 aliphatic heterocycles. The van der Waals surface area contributed by atoms with Gasteiger partial charge in [-0.05, 0) is 0 Å². The van der Waals surface area contributed by atoms with Crippen molar-refractivity contribution >= 4 is 0 Å². The van der Waals surface area contributed by atoms with Crippen molar-refractivity contribution in [3.8, 4) is 0 Å². The predicted molar refractivity (Wildman–Crippen MR) is 28.3 cm³/mol. The molecule has 0 unspecified atom stereocenters. The molecule has 4 nitrogen and oxygen atoms in total. The monoisotopic (exact) mass is 124 g/mol. The van der Waals surface area contributed by atoms with Gasteiger partial charge in [0.05, 0.1) is 26.4 Å². The van der Waals surface area contributed by atoms with E-state index in [1.54, 1.807) is 0 Å². The maximum absolute atomic E-state index is 7.62. The summed E-state index contributed by atoms with van der Waals surface area (Å²) in [5, 5.41) is 30.5. The van der Waals surface area contributed by atoms with Gasteiger partial charge in [0, 0.05) is 0 Å². The maximum Gasteiger partial charge on any atom is 0.0662 e. The van der Waals surface area contributed by atoms with Crippen molar-refractivity contribution in [2.75, 3.05) is 26.4 Å². The SMILES string of the molecule is OCCO.OCCO. The molecule has 0 heterocycles. The lowest BCUT2D eigenvalue weighted by atomic mass is 10.8. The van der Waals surface area contributed by atoms with Gasteiger partial charge in [0.1, 0.15) is 0 Å². The van der Waals surface area contributed by atoms with Gasteiger partial charge in [-0.1, -0.05) is 0 Å². The Hall–Kier alpha value is -0.160. The number of hydrogen-bond acceptors (Lipinski definition) is 4. The average molecular weight is 124 g/mol. The van der Waals surface area contributed by atoms with E-state index in [0.717, 1.165) is 0 Å². The third-order valence-corrected chi connectivity index (χ3v) is 0.200. The van der Waals surface area contributed by atoms with E-state index in [4.69, 9.17) is 20.4 Å². The van der Waals surface area contributed by atoms with E-state index in [9.17, 15) is 0 Å². The zero-order chi connectivity index (χ0) is 6.83. The predicted octanol–water partition coefficient (Wildman–Crippen LogP) is -2.06. The fourth-order valence-electron chi connectivity index (χ4n) is 0. The Labute approximate surface area is 48.0 Å². The van der Waals surface area contributed by atoms with Crippen LogP contribution in [0.15, 0.2) is 0 Å². The molecular formula is C4H12O4. The highest BCUT2D eigenvalue weighted by Gasteiger charge is 1.58. The van der Waals surface area contributed by atoms with E-state index in [-0.39, 0.29) is 26.4 Å². The Morgan fingerprint density at radius 3 is 0.625 bits per heavy atom. The van der Waals surface area contributed by atoms with Crippen LogP contribution in [0, 0.1) is 0 Å². The zero-order valence-corrected chi connectivity index (χ0v) is 4.62. The molecule has 8 heavy (non-hydrogen) atoms. The van der Waals surface area contributed by atoms with E-state index < -0.39 is 0 Å². The van der Waals surface area contributed by atoms with Crippen molar-refractivity contribution in [3.05, 3.63) is 0 Å². The second-order valence-corrected chi connectivity index (χ2v) is 0.894. The zero-order valence-electron chi connectivity index (χ0n) is 4.62. The lowest BCUT2D eigenvalue weighted by Gasteiger charge is -1.70. The first-order valence-corrected chi connectivity index (χ1v) is 2.26. The summed E-state index contributed by atoms with van der Waals surface area (Å²) in [5.41, 5.74) is 0. The van der Waals surface area contributed by atoms with Crippen LogP contribution < -0.4 is 0 Å². The van der Waals surface area contributed by atoms with Crippen LogP contribution in [-0.2, 0) is 0 Å². The number of aliphatic hydroxyl groups excluding tert-OH is 4. The maximum atomic E-state index is 7.62. The van der Waals surface area contributed by atoms with E-state index in [1.807, 2.05) is 0 Å². The summed E-state index contributed by atoms with van der Waals surface area (Å²) >= 11 is 0. The van der Waals surface area contributed by atoms with Gasteiger partial charge in [-0.3, -0.25) is 0 Å². The first kappa shape index (κ1) is 10.8. The van der Waals surface area contributed by atoms with Gasteiger partial charge < -0.3 is 20.4 Å². The minimum absolute atomic E-state index is 0.125. The fourth-order valence-corrected chi connectivity index (χ4v) is 0. The topological polar surface area (TPSA) is 80.9 Å². The highest BCUT2D eigenvalue weighted by molar-refractivity contribution is 4.07. The van der Waals surface area contributed by atoms with Crippen LogP contribution in [0.5, 0.6) is 0 Å². The Bertz CT molecular complexity index is 16.0. The smallest absolute Gasteiger partial charge is 0.0662 e. The molecule has 4 heteroatoms. The average Bonchev–Trinajstić information content (AvgIpc) is 1.88. The first-order valence-electron chi connectivity index (χ1n) is 2.26. The van der Waals surface area contributed by atoms with Gasteiger partial charge in [-0.2, -0.15) is 0 Å². The fraction of sp³-hybridized carbons (Fsp3) is 1.00. The minimum atomic E-state index is -0.125. The third-order valence-electron chi connectivity index (χ3n) is 0.200. The lowest BCUT2D eigenvalue weighted by molar-refractivity contribution is 0.186. The highest BCUT2D eigenvalue weighted by atomic mass is 16.3. The molecule has 0 saturated carbocycles. The van der Waals surface area contributed by atoms with Crippen molar-refractivity contribution in [1.29, 1.82) is 0 Å². The molecule has 0 aliphatic rings. The molecule has 0 saturated heterocycles. The van der Waals surface area contributed by atoms with Crippen molar-refractivity contribution in [2.45, 2.75) is 0 Å². The molecule has 0 aromatic heterocycles. The summed E-state index contributed by atoms with van der Waals surface area (Å²) in [6.45, 7) is -0.500. The summed E-state index contributed by atoms with van der Waals surface area (Å²) < 4.78 is 0. The Morgan fingerprint density at radius 1 is 0.500 bits per heavy atom. The molecule has 0 aliphatic carbocycles. The first-order chi connectivity index (χ1) is 3.83. The molecule has 0 radical (unpaired) electrons. The molecule has 0 spiro atoms. The van der Waals surface area contributed by atoms with Crippen LogP contribution in [0.3, 0.4) is 0 Å². The third kappa shape index (κ3) is 40.4. The molecule has 0 aromatic rings. The van der Waals surface area contributed by atoms with E-state index in [2.05, 4.69) is 0 Å². The Morgan fingerprint density at radius 2 is 0.625 bits per heavy atom. The van der Waals surface area contributed by atoms with Crippen LogP contribution in [0.25, 0.3) is 0 Å². The molecule has 0 fully saturated rings. The normalized spacial score (nSPS) is 7.50. The van der Waals surface area contributed by atoms with Crippen LogP contribution in [0.1, 0.15) is 0 Å². The molecule has 0 aromatic carbocycles. The molecule has 0 atom stereocenters. The van der Waals surface area contributed by atoms with Crippen LogP contribution in [0.4, 0.5) is 0 Å². The van der Waals surface area contributed by atoms with E-state index >= 15 is 0 Å². The van der Waals surface area contributed by atoms with Gasteiger partial charge in [-0.15, -0.1) is 0 Å². The lowest BCUT2D eigenvalue weighted by Crippen LogP contribution is -1.85. The van der Waals surface area contributed by atoms with Crippen LogP contribution in [0.2, 0.25) is 0 Å². The van der Waals surface area contributed by atoms with Gasteiger partial charge in [0.25, 0.3) is 0 Å². The second kappa shape index (κ2) is 15.8. The van der Waals surface area contributed by atoms with Gasteiger partial charge in [0.15, 0.2) is 0 Å². The number of rotatable bonds is 2. The number of aliphatic hydroxyl groups is 4. The standard InChI is InChI=1S/2C2H6O2/c2*3-1-2-4/h2*3-4H,1-2H2. The van der Waals surface area contributed by atoms with Gasteiger partial charge in [-0.25, -0.2) is 0 Å². The number of hydrogen-bond donors (Lipinski definition) is 4. The van der Waals surface area contributed by atoms with Crippen LogP contribution in [-0.4, -0.2) is 46.9 Å². The molecule has 0 amide bonds. The minimum Gasteiger partial charge on any atom is -0.394 e.